The highest BCUT2D eigenvalue weighted by atomic mass is 16.4. The third kappa shape index (κ3) is 7.07. The lowest BCUT2D eigenvalue weighted by Gasteiger charge is -2.19. The van der Waals surface area contributed by atoms with Crippen molar-refractivity contribution in [3.05, 3.63) is 12.2 Å². The Morgan fingerprint density at radius 2 is 2.13 bits per heavy atom. The summed E-state index contributed by atoms with van der Waals surface area (Å²) in [5, 5.41) is 26.7. The van der Waals surface area contributed by atoms with Crippen molar-refractivity contribution < 1.29 is 20.1 Å². The fourth-order valence-corrected chi connectivity index (χ4v) is 1.16. The minimum Gasteiger partial charge on any atom is -0.478 e. The Morgan fingerprint density at radius 3 is 2.60 bits per heavy atom. The van der Waals surface area contributed by atoms with Gasteiger partial charge in [0.15, 0.2) is 0 Å². The third-order valence-corrected chi connectivity index (χ3v) is 2.09. The van der Waals surface area contributed by atoms with Crippen LogP contribution in [0.4, 0.5) is 0 Å². The van der Waals surface area contributed by atoms with Crippen LogP contribution in [0.15, 0.2) is 12.2 Å². The largest absolute Gasteiger partial charge is 0.478 e. The van der Waals surface area contributed by atoms with Gasteiger partial charge in [-0.1, -0.05) is 6.58 Å². The van der Waals surface area contributed by atoms with Gasteiger partial charge in [-0.05, 0) is 19.9 Å². The molecule has 0 spiro atoms. The minimum atomic E-state index is -1.02. The van der Waals surface area contributed by atoms with Crippen LogP contribution in [0.25, 0.3) is 0 Å². The minimum absolute atomic E-state index is 0.0467. The highest BCUT2D eigenvalue weighted by Gasteiger charge is 2.10. The molecule has 0 aliphatic heterocycles. The molecule has 0 aromatic carbocycles. The van der Waals surface area contributed by atoms with Gasteiger partial charge >= 0.3 is 5.97 Å². The number of hydrogen-bond acceptors (Lipinski definition) is 4. The van der Waals surface area contributed by atoms with Crippen LogP contribution >= 0.6 is 0 Å². The number of aliphatic hydroxyl groups is 2. The summed E-state index contributed by atoms with van der Waals surface area (Å²) in [6.07, 6.45) is 0.0716. The van der Waals surface area contributed by atoms with Crippen molar-refractivity contribution >= 4 is 5.97 Å². The number of nitrogens with zero attached hydrogens (tertiary/aromatic N) is 1. The van der Waals surface area contributed by atoms with Crippen LogP contribution < -0.4 is 0 Å². The van der Waals surface area contributed by atoms with E-state index in [-0.39, 0.29) is 18.6 Å². The first kappa shape index (κ1) is 14.1. The fraction of sp³-hybridized carbons (Fsp3) is 0.700. The first-order chi connectivity index (χ1) is 6.97. The van der Waals surface area contributed by atoms with Crippen molar-refractivity contribution in [3.63, 3.8) is 0 Å². The Morgan fingerprint density at radius 1 is 1.53 bits per heavy atom. The molecule has 0 radical (unpaired) electrons. The first-order valence-corrected chi connectivity index (χ1v) is 4.86. The smallest absolute Gasteiger partial charge is 0.330 e. The molecule has 0 rings (SSSR count). The predicted molar refractivity (Wildman–Crippen MR) is 56.6 cm³/mol. The van der Waals surface area contributed by atoms with Crippen molar-refractivity contribution in [2.45, 2.75) is 18.9 Å². The molecule has 0 saturated heterocycles. The van der Waals surface area contributed by atoms with E-state index in [9.17, 15) is 9.90 Å². The van der Waals surface area contributed by atoms with E-state index < -0.39 is 12.1 Å². The average molecular weight is 217 g/mol. The second-order valence-electron chi connectivity index (χ2n) is 3.59. The molecule has 5 heteroatoms. The molecule has 0 amide bonds. The molecule has 0 aromatic rings. The highest BCUT2D eigenvalue weighted by Crippen LogP contribution is 2.06. The molecule has 3 N–H and O–H groups in total. The zero-order valence-corrected chi connectivity index (χ0v) is 9.02. The van der Waals surface area contributed by atoms with Gasteiger partial charge in [-0.15, -0.1) is 0 Å². The number of rotatable bonds is 8. The normalized spacial score (nSPS) is 12.8. The maximum absolute atomic E-state index is 10.4. The summed E-state index contributed by atoms with van der Waals surface area (Å²) < 4.78 is 0. The molecule has 0 aliphatic rings. The Bertz CT molecular complexity index is 217. The Labute approximate surface area is 89.6 Å². The molecule has 0 heterocycles. The molecule has 0 aliphatic carbocycles. The van der Waals surface area contributed by atoms with Crippen LogP contribution in [0, 0.1) is 0 Å². The van der Waals surface area contributed by atoms with E-state index in [1.54, 1.807) is 11.9 Å². The average Bonchev–Trinajstić information content (AvgIpc) is 2.14. The molecule has 0 saturated carbocycles. The summed E-state index contributed by atoms with van der Waals surface area (Å²) in [6.45, 7) is 4.35. The number of aliphatic carboxylic acids is 1. The lowest BCUT2D eigenvalue weighted by molar-refractivity contribution is -0.132. The van der Waals surface area contributed by atoms with Gasteiger partial charge in [0.1, 0.15) is 0 Å². The molecule has 1 atom stereocenters. The van der Waals surface area contributed by atoms with Crippen LogP contribution in [0.3, 0.4) is 0 Å². The summed E-state index contributed by atoms with van der Waals surface area (Å²) in [4.78, 5) is 12.2. The fourth-order valence-electron chi connectivity index (χ4n) is 1.16. The van der Waals surface area contributed by atoms with Gasteiger partial charge in [-0.3, -0.25) is 0 Å². The molecular formula is C10H19NO4. The van der Waals surface area contributed by atoms with Crippen molar-refractivity contribution in [1.29, 1.82) is 0 Å². The van der Waals surface area contributed by atoms with Gasteiger partial charge < -0.3 is 20.2 Å². The number of carbonyl (C=O) groups is 1. The second kappa shape index (κ2) is 7.39. The summed E-state index contributed by atoms with van der Waals surface area (Å²) in [5.41, 5.74) is 0.110. The summed E-state index contributed by atoms with van der Waals surface area (Å²) >= 11 is 0. The van der Waals surface area contributed by atoms with Gasteiger partial charge in [-0.2, -0.15) is 0 Å². The standard InChI is InChI=1S/C10H19NO4/c1-8(10(14)15)3-4-9(13)7-11(2)5-6-12/h9,12-13H,1,3-7H2,2H3,(H,14,15). The lowest BCUT2D eigenvalue weighted by Crippen LogP contribution is -2.31. The molecule has 88 valence electrons. The van der Waals surface area contributed by atoms with Gasteiger partial charge in [0.05, 0.1) is 12.7 Å². The zero-order chi connectivity index (χ0) is 11.8. The van der Waals surface area contributed by atoms with Crippen LogP contribution in [-0.2, 0) is 4.79 Å². The summed E-state index contributed by atoms with van der Waals surface area (Å²) in [6, 6.07) is 0. The molecule has 0 bridgehead atoms. The van der Waals surface area contributed by atoms with Crippen molar-refractivity contribution in [2.24, 2.45) is 0 Å². The SMILES string of the molecule is C=C(CCC(O)CN(C)CCO)C(=O)O. The number of aliphatic hydroxyl groups excluding tert-OH is 2. The third-order valence-electron chi connectivity index (χ3n) is 2.09. The number of likely N-dealkylation sites (N-methyl/N-ethyl adjacent to an activating group) is 1. The van der Waals surface area contributed by atoms with Gasteiger partial charge in [-0.25, -0.2) is 4.79 Å². The van der Waals surface area contributed by atoms with E-state index in [0.717, 1.165) is 0 Å². The van der Waals surface area contributed by atoms with E-state index in [4.69, 9.17) is 10.2 Å². The van der Waals surface area contributed by atoms with Crippen molar-refractivity contribution in [2.75, 3.05) is 26.7 Å². The van der Waals surface area contributed by atoms with Crippen LogP contribution in [0.5, 0.6) is 0 Å². The van der Waals surface area contributed by atoms with E-state index in [0.29, 0.717) is 19.5 Å². The molecular weight excluding hydrogens is 198 g/mol. The Kier molecular flexibility index (Phi) is 6.94. The van der Waals surface area contributed by atoms with Crippen LogP contribution in [-0.4, -0.2) is 59.0 Å². The number of hydrogen-bond donors (Lipinski definition) is 3. The maximum Gasteiger partial charge on any atom is 0.330 e. The molecule has 5 nitrogen and oxygen atoms in total. The van der Waals surface area contributed by atoms with Crippen molar-refractivity contribution in [3.8, 4) is 0 Å². The second-order valence-corrected chi connectivity index (χ2v) is 3.59. The molecule has 0 fully saturated rings. The summed E-state index contributed by atoms with van der Waals surface area (Å²) in [7, 11) is 1.78. The molecule has 1 unspecified atom stereocenters. The van der Waals surface area contributed by atoms with Gasteiger partial charge in [0.2, 0.25) is 0 Å². The van der Waals surface area contributed by atoms with E-state index in [1.165, 1.54) is 0 Å². The quantitative estimate of drug-likeness (QED) is 0.486. The Balaban J connectivity index is 3.70. The monoisotopic (exact) mass is 217 g/mol. The number of carboxylic acids is 1. The van der Waals surface area contributed by atoms with E-state index in [1.807, 2.05) is 0 Å². The lowest BCUT2D eigenvalue weighted by atomic mass is 10.1. The number of carboxylic acid groups (broad SMARTS) is 1. The van der Waals surface area contributed by atoms with Crippen LogP contribution in [0.1, 0.15) is 12.8 Å². The zero-order valence-electron chi connectivity index (χ0n) is 9.02. The predicted octanol–water partition coefficient (Wildman–Crippen LogP) is -0.308. The molecule has 15 heavy (non-hydrogen) atoms. The Hall–Kier alpha value is -0.910. The van der Waals surface area contributed by atoms with Crippen LogP contribution in [0.2, 0.25) is 0 Å². The van der Waals surface area contributed by atoms with Crippen molar-refractivity contribution in [1.82, 2.24) is 4.90 Å². The maximum atomic E-state index is 10.4. The summed E-state index contributed by atoms with van der Waals surface area (Å²) in [5.74, 6) is -1.02. The van der Waals surface area contributed by atoms with Gasteiger partial charge in [0, 0.05) is 18.7 Å². The van der Waals surface area contributed by atoms with E-state index >= 15 is 0 Å². The van der Waals surface area contributed by atoms with E-state index in [2.05, 4.69) is 6.58 Å². The van der Waals surface area contributed by atoms with Gasteiger partial charge in [0.25, 0.3) is 0 Å². The topological polar surface area (TPSA) is 81.0 Å². The first-order valence-electron chi connectivity index (χ1n) is 4.86. The molecule has 0 aromatic heterocycles. The highest BCUT2D eigenvalue weighted by molar-refractivity contribution is 5.85.